The van der Waals surface area contributed by atoms with E-state index < -0.39 is 17.5 Å². The molecular formula is C18H16O3S. The van der Waals surface area contributed by atoms with Crippen molar-refractivity contribution in [1.29, 1.82) is 0 Å². The molecule has 3 rings (SSSR count). The maximum Gasteiger partial charge on any atom is 0.302 e. The van der Waals surface area contributed by atoms with Gasteiger partial charge in [-0.15, -0.1) is 0 Å². The summed E-state index contributed by atoms with van der Waals surface area (Å²) in [7, 11) is 0. The SMILES string of the molecule is O=S(O)OC(Cc1ccc2ccccc2c1)c1ccccc1. The minimum atomic E-state index is -2.30. The van der Waals surface area contributed by atoms with Gasteiger partial charge in [0.15, 0.2) is 0 Å². The first-order valence-corrected chi connectivity index (χ1v) is 8.06. The molecule has 0 heterocycles. The van der Waals surface area contributed by atoms with Crippen molar-refractivity contribution in [2.24, 2.45) is 0 Å². The number of benzene rings is 3. The Morgan fingerprint density at radius 1 is 0.909 bits per heavy atom. The van der Waals surface area contributed by atoms with Crippen LogP contribution in [0.15, 0.2) is 72.8 Å². The third-order valence-electron chi connectivity index (χ3n) is 3.60. The molecule has 22 heavy (non-hydrogen) atoms. The Morgan fingerprint density at radius 2 is 1.59 bits per heavy atom. The monoisotopic (exact) mass is 312 g/mol. The lowest BCUT2D eigenvalue weighted by atomic mass is 9.99. The molecule has 4 heteroatoms. The van der Waals surface area contributed by atoms with Crippen molar-refractivity contribution in [3.63, 3.8) is 0 Å². The molecule has 0 bridgehead atoms. The third-order valence-corrected chi connectivity index (χ3v) is 4.00. The lowest BCUT2D eigenvalue weighted by molar-refractivity contribution is 0.208. The maximum absolute atomic E-state index is 11.1. The van der Waals surface area contributed by atoms with Gasteiger partial charge < -0.3 is 0 Å². The highest BCUT2D eigenvalue weighted by Gasteiger charge is 2.16. The summed E-state index contributed by atoms with van der Waals surface area (Å²) in [5.74, 6) is 0. The first-order valence-electron chi connectivity index (χ1n) is 7.03. The van der Waals surface area contributed by atoms with Crippen LogP contribution in [-0.2, 0) is 22.0 Å². The fourth-order valence-corrected chi connectivity index (χ4v) is 2.93. The van der Waals surface area contributed by atoms with Crippen molar-refractivity contribution in [3.8, 4) is 0 Å². The molecule has 0 aromatic heterocycles. The van der Waals surface area contributed by atoms with Gasteiger partial charge in [-0.25, -0.2) is 0 Å². The standard InChI is InChI=1S/C18H16O3S/c19-22(20)21-18(16-7-2-1-3-8-16)13-14-10-11-15-6-4-5-9-17(15)12-14/h1-12,18H,13H2,(H,19,20). The zero-order valence-electron chi connectivity index (χ0n) is 11.9. The van der Waals surface area contributed by atoms with Crippen LogP contribution in [0.1, 0.15) is 17.2 Å². The lowest BCUT2D eigenvalue weighted by Crippen LogP contribution is -2.09. The molecule has 0 aliphatic carbocycles. The van der Waals surface area contributed by atoms with E-state index in [1.807, 2.05) is 48.5 Å². The molecule has 3 aromatic rings. The Bertz CT molecular complexity index is 786. The van der Waals surface area contributed by atoms with Gasteiger partial charge >= 0.3 is 11.4 Å². The van der Waals surface area contributed by atoms with Crippen molar-refractivity contribution < 1.29 is 12.9 Å². The molecule has 0 saturated carbocycles. The van der Waals surface area contributed by atoms with Crippen LogP contribution >= 0.6 is 0 Å². The molecule has 0 amide bonds. The molecule has 0 aliphatic heterocycles. The molecule has 0 aliphatic rings. The number of fused-ring (bicyclic) bond motifs is 1. The van der Waals surface area contributed by atoms with Crippen LogP contribution in [0.5, 0.6) is 0 Å². The van der Waals surface area contributed by atoms with Crippen molar-refractivity contribution in [2.75, 3.05) is 0 Å². The van der Waals surface area contributed by atoms with Gasteiger partial charge in [-0.2, -0.15) is 4.21 Å². The van der Waals surface area contributed by atoms with E-state index in [4.69, 9.17) is 8.74 Å². The van der Waals surface area contributed by atoms with E-state index in [0.717, 1.165) is 16.5 Å². The predicted molar refractivity (Wildman–Crippen MR) is 88.7 cm³/mol. The summed E-state index contributed by atoms with van der Waals surface area (Å²) in [5, 5.41) is 2.33. The topological polar surface area (TPSA) is 46.5 Å². The number of hydrogen-bond donors (Lipinski definition) is 1. The van der Waals surface area contributed by atoms with Gasteiger partial charge in [0, 0.05) is 6.42 Å². The van der Waals surface area contributed by atoms with Gasteiger partial charge in [-0.3, -0.25) is 8.74 Å². The highest BCUT2D eigenvalue weighted by Crippen LogP contribution is 2.25. The quantitative estimate of drug-likeness (QED) is 0.715. The van der Waals surface area contributed by atoms with Gasteiger partial charge in [-0.05, 0) is 21.9 Å². The first kappa shape index (κ1) is 14.9. The average Bonchev–Trinajstić information content (AvgIpc) is 2.54. The van der Waals surface area contributed by atoms with Gasteiger partial charge in [0.25, 0.3) is 0 Å². The summed E-state index contributed by atoms with van der Waals surface area (Å²) in [6, 6.07) is 23.8. The molecule has 0 saturated heterocycles. The highest BCUT2D eigenvalue weighted by molar-refractivity contribution is 7.74. The summed E-state index contributed by atoms with van der Waals surface area (Å²) in [5.41, 5.74) is 1.95. The van der Waals surface area contributed by atoms with Gasteiger partial charge in [0.05, 0.1) is 0 Å². The van der Waals surface area contributed by atoms with E-state index in [-0.39, 0.29) is 0 Å². The molecule has 1 N–H and O–H groups in total. The highest BCUT2D eigenvalue weighted by atomic mass is 32.2. The second kappa shape index (κ2) is 6.83. The molecule has 3 aromatic carbocycles. The van der Waals surface area contributed by atoms with Crippen LogP contribution in [0.4, 0.5) is 0 Å². The van der Waals surface area contributed by atoms with E-state index in [9.17, 15) is 4.21 Å². The largest absolute Gasteiger partial charge is 0.302 e. The van der Waals surface area contributed by atoms with Crippen molar-refractivity contribution >= 4 is 22.1 Å². The van der Waals surface area contributed by atoms with Gasteiger partial charge in [0.2, 0.25) is 0 Å². The van der Waals surface area contributed by atoms with Crippen LogP contribution < -0.4 is 0 Å². The van der Waals surface area contributed by atoms with Crippen molar-refractivity contribution in [1.82, 2.24) is 0 Å². The van der Waals surface area contributed by atoms with Crippen LogP contribution in [0, 0.1) is 0 Å². The second-order valence-electron chi connectivity index (χ2n) is 5.10. The predicted octanol–water partition coefficient (Wildman–Crippen LogP) is 4.28. The molecule has 3 nitrogen and oxygen atoms in total. The van der Waals surface area contributed by atoms with Crippen LogP contribution in [0.3, 0.4) is 0 Å². The Morgan fingerprint density at radius 3 is 2.32 bits per heavy atom. The van der Waals surface area contributed by atoms with Crippen LogP contribution in [0.25, 0.3) is 10.8 Å². The summed E-state index contributed by atoms with van der Waals surface area (Å²) in [6.07, 6.45) is 0.0921. The molecule has 0 fully saturated rings. The van der Waals surface area contributed by atoms with E-state index in [2.05, 4.69) is 24.3 Å². The molecule has 112 valence electrons. The fourth-order valence-electron chi connectivity index (χ4n) is 2.55. The number of rotatable bonds is 5. The summed E-state index contributed by atoms with van der Waals surface area (Å²) in [4.78, 5) is 0. The Labute approximate surface area is 132 Å². The van der Waals surface area contributed by atoms with E-state index in [1.165, 1.54) is 5.39 Å². The lowest BCUT2D eigenvalue weighted by Gasteiger charge is -2.16. The van der Waals surface area contributed by atoms with Gasteiger partial charge in [-0.1, -0.05) is 72.8 Å². The first-order chi connectivity index (χ1) is 10.7. The Hall–Kier alpha value is -2.01. The van der Waals surface area contributed by atoms with Crippen LogP contribution in [-0.4, -0.2) is 8.76 Å². The van der Waals surface area contributed by atoms with E-state index in [0.29, 0.717) is 6.42 Å². The second-order valence-corrected chi connectivity index (χ2v) is 5.72. The fraction of sp³-hybridized carbons (Fsp3) is 0.111. The smallest absolute Gasteiger partial charge is 0.284 e. The molecular weight excluding hydrogens is 296 g/mol. The van der Waals surface area contributed by atoms with Crippen molar-refractivity contribution in [2.45, 2.75) is 12.5 Å². The molecule has 0 spiro atoms. The summed E-state index contributed by atoms with van der Waals surface area (Å²) >= 11 is -2.30. The Balaban J connectivity index is 1.89. The summed E-state index contributed by atoms with van der Waals surface area (Å²) < 4.78 is 25.3. The summed E-state index contributed by atoms with van der Waals surface area (Å²) in [6.45, 7) is 0. The average molecular weight is 312 g/mol. The van der Waals surface area contributed by atoms with Crippen molar-refractivity contribution in [3.05, 3.63) is 83.9 Å². The zero-order chi connectivity index (χ0) is 15.4. The normalized spacial score (nSPS) is 13.9. The number of hydrogen-bond acceptors (Lipinski definition) is 2. The minimum Gasteiger partial charge on any atom is -0.284 e. The van der Waals surface area contributed by atoms with E-state index in [1.54, 1.807) is 0 Å². The van der Waals surface area contributed by atoms with E-state index >= 15 is 0 Å². The minimum absolute atomic E-state index is 0.451. The maximum atomic E-state index is 11.1. The zero-order valence-corrected chi connectivity index (χ0v) is 12.7. The molecule has 2 unspecified atom stereocenters. The van der Waals surface area contributed by atoms with Gasteiger partial charge in [0.1, 0.15) is 6.10 Å². The molecule has 0 radical (unpaired) electrons. The Kier molecular flexibility index (Phi) is 4.63. The molecule has 2 atom stereocenters. The third kappa shape index (κ3) is 3.60. The van der Waals surface area contributed by atoms with Crippen LogP contribution in [0.2, 0.25) is 0 Å².